The van der Waals surface area contributed by atoms with Gasteiger partial charge in [0.2, 0.25) is 5.88 Å². The Hall–Kier alpha value is -1.32. The first-order chi connectivity index (χ1) is 6.34. The predicted molar refractivity (Wildman–Crippen MR) is 47.6 cm³/mol. The zero-order valence-corrected chi connectivity index (χ0v) is 7.29. The maximum atomic E-state index is 5.81. The minimum Gasteiger partial charge on any atom is -0.477 e. The van der Waals surface area contributed by atoms with E-state index in [9.17, 15) is 0 Å². The minimum absolute atomic E-state index is 0.539. The van der Waals surface area contributed by atoms with Crippen LogP contribution in [0.5, 0.6) is 5.88 Å². The van der Waals surface area contributed by atoms with E-state index in [-0.39, 0.29) is 0 Å². The summed E-state index contributed by atoms with van der Waals surface area (Å²) in [6, 6.07) is 0. The van der Waals surface area contributed by atoms with Gasteiger partial charge in [-0.25, -0.2) is 4.98 Å². The highest BCUT2D eigenvalue weighted by Crippen LogP contribution is 2.40. The van der Waals surface area contributed by atoms with Gasteiger partial charge in [0.15, 0.2) is 0 Å². The van der Waals surface area contributed by atoms with E-state index >= 15 is 0 Å². The van der Waals surface area contributed by atoms with Crippen molar-refractivity contribution in [2.75, 3.05) is 12.3 Å². The Kier molecular flexibility index (Phi) is 1.28. The Morgan fingerprint density at radius 2 is 2.15 bits per heavy atom. The zero-order chi connectivity index (χ0) is 8.84. The van der Waals surface area contributed by atoms with Gasteiger partial charge in [0, 0.05) is 12.3 Å². The quantitative estimate of drug-likeness (QED) is 0.691. The number of nitrogens with zero attached hydrogens (tertiary/aromatic N) is 2. The Labute approximate surface area is 76.1 Å². The highest BCUT2D eigenvalue weighted by molar-refractivity contribution is 5.48. The molecule has 1 aliphatic heterocycles. The van der Waals surface area contributed by atoms with Gasteiger partial charge >= 0.3 is 0 Å². The van der Waals surface area contributed by atoms with Crippen LogP contribution >= 0.6 is 0 Å². The fourth-order valence-electron chi connectivity index (χ4n) is 1.63. The molecule has 1 fully saturated rings. The zero-order valence-electron chi connectivity index (χ0n) is 7.29. The molecule has 0 saturated heterocycles. The summed E-state index contributed by atoms with van der Waals surface area (Å²) in [5, 5.41) is 0. The topological polar surface area (TPSA) is 61.0 Å². The highest BCUT2D eigenvalue weighted by Gasteiger charge is 2.29. The number of fused-ring (bicyclic) bond motifs is 1. The highest BCUT2D eigenvalue weighted by atomic mass is 16.5. The predicted octanol–water partition coefficient (Wildman–Crippen LogP) is 0.871. The Morgan fingerprint density at radius 1 is 1.31 bits per heavy atom. The Bertz CT molecular complexity index is 360. The normalized spacial score (nSPS) is 19.7. The number of anilines is 1. The number of hydrogen-bond donors (Lipinski definition) is 1. The van der Waals surface area contributed by atoms with Crippen molar-refractivity contribution in [3.63, 3.8) is 0 Å². The summed E-state index contributed by atoms with van der Waals surface area (Å²) >= 11 is 0. The number of rotatable bonds is 1. The lowest BCUT2D eigenvalue weighted by Gasteiger charge is -2.03. The number of nitrogens with two attached hydrogens (primary N) is 1. The van der Waals surface area contributed by atoms with E-state index in [1.807, 2.05) is 0 Å². The van der Waals surface area contributed by atoms with Crippen molar-refractivity contribution in [3.8, 4) is 5.88 Å². The first-order valence-corrected chi connectivity index (χ1v) is 4.63. The largest absolute Gasteiger partial charge is 0.477 e. The van der Waals surface area contributed by atoms with Gasteiger partial charge in [-0.3, -0.25) is 0 Å². The average molecular weight is 177 g/mol. The van der Waals surface area contributed by atoms with Crippen molar-refractivity contribution in [2.24, 2.45) is 0 Å². The van der Waals surface area contributed by atoms with Crippen molar-refractivity contribution in [2.45, 2.75) is 25.2 Å². The summed E-state index contributed by atoms with van der Waals surface area (Å²) < 4.78 is 5.37. The standard InChI is InChI=1S/C9H11N3O/c10-7-6-3-4-13-9(6)12-8(11-7)5-1-2-5/h5H,1-4H2,(H2,10,11,12). The van der Waals surface area contributed by atoms with Gasteiger partial charge in [-0.1, -0.05) is 0 Å². The number of hydrogen-bond acceptors (Lipinski definition) is 4. The molecule has 2 heterocycles. The van der Waals surface area contributed by atoms with E-state index < -0.39 is 0 Å². The third-order valence-corrected chi connectivity index (χ3v) is 2.55. The summed E-state index contributed by atoms with van der Waals surface area (Å²) in [5.41, 5.74) is 6.80. The van der Waals surface area contributed by atoms with Gasteiger partial charge in [0.1, 0.15) is 11.6 Å². The third kappa shape index (κ3) is 1.05. The van der Waals surface area contributed by atoms with Crippen LogP contribution in [0.3, 0.4) is 0 Å². The molecule has 1 aromatic rings. The van der Waals surface area contributed by atoms with Crippen LogP contribution in [0.1, 0.15) is 30.1 Å². The number of ether oxygens (including phenoxy) is 1. The van der Waals surface area contributed by atoms with Crippen LogP contribution in [0.4, 0.5) is 5.82 Å². The van der Waals surface area contributed by atoms with E-state index in [0.717, 1.165) is 23.7 Å². The van der Waals surface area contributed by atoms with Gasteiger partial charge in [0.25, 0.3) is 0 Å². The third-order valence-electron chi connectivity index (χ3n) is 2.55. The first kappa shape index (κ1) is 7.12. The number of nitrogen functional groups attached to an aromatic ring is 1. The van der Waals surface area contributed by atoms with Crippen LogP contribution in [-0.2, 0) is 6.42 Å². The van der Waals surface area contributed by atoms with Crippen LogP contribution in [0, 0.1) is 0 Å². The molecule has 2 N–H and O–H groups in total. The molecule has 0 atom stereocenters. The Morgan fingerprint density at radius 3 is 2.92 bits per heavy atom. The molecule has 1 aromatic heterocycles. The average Bonchev–Trinajstić information content (AvgIpc) is 2.85. The molecule has 0 unspecified atom stereocenters. The van der Waals surface area contributed by atoms with E-state index in [1.54, 1.807) is 0 Å². The van der Waals surface area contributed by atoms with Crippen molar-refractivity contribution < 1.29 is 4.74 Å². The van der Waals surface area contributed by atoms with Crippen LogP contribution in [0.25, 0.3) is 0 Å². The van der Waals surface area contributed by atoms with Crippen LogP contribution < -0.4 is 10.5 Å². The molecule has 2 aliphatic rings. The lowest BCUT2D eigenvalue weighted by atomic mass is 10.2. The molecular formula is C9H11N3O. The summed E-state index contributed by atoms with van der Waals surface area (Å²) in [5.74, 6) is 2.74. The van der Waals surface area contributed by atoms with Gasteiger partial charge in [0.05, 0.1) is 12.2 Å². The summed E-state index contributed by atoms with van der Waals surface area (Å²) in [6.07, 6.45) is 3.24. The summed E-state index contributed by atoms with van der Waals surface area (Å²) in [6.45, 7) is 0.697. The second-order valence-corrected chi connectivity index (χ2v) is 3.62. The monoisotopic (exact) mass is 177 g/mol. The Balaban J connectivity index is 2.10. The summed E-state index contributed by atoms with van der Waals surface area (Å²) in [7, 11) is 0. The van der Waals surface area contributed by atoms with E-state index in [0.29, 0.717) is 18.3 Å². The molecule has 0 radical (unpaired) electrons. The number of aromatic nitrogens is 2. The molecule has 1 aliphatic carbocycles. The summed E-state index contributed by atoms with van der Waals surface area (Å²) in [4.78, 5) is 8.66. The molecular weight excluding hydrogens is 166 g/mol. The molecule has 0 aromatic carbocycles. The molecule has 13 heavy (non-hydrogen) atoms. The van der Waals surface area contributed by atoms with Crippen LogP contribution in [0.15, 0.2) is 0 Å². The molecule has 68 valence electrons. The maximum Gasteiger partial charge on any atom is 0.222 e. The van der Waals surface area contributed by atoms with Gasteiger partial charge < -0.3 is 10.5 Å². The molecule has 0 bridgehead atoms. The van der Waals surface area contributed by atoms with Crippen molar-refractivity contribution in [1.82, 2.24) is 9.97 Å². The molecule has 3 rings (SSSR count). The second-order valence-electron chi connectivity index (χ2n) is 3.62. The van der Waals surface area contributed by atoms with Crippen LogP contribution in [0.2, 0.25) is 0 Å². The molecule has 4 nitrogen and oxygen atoms in total. The fraction of sp³-hybridized carbons (Fsp3) is 0.556. The van der Waals surface area contributed by atoms with E-state index in [1.165, 1.54) is 12.8 Å². The van der Waals surface area contributed by atoms with Crippen molar-refractivity contribution in [1.29, 1.82) is 0 Å². The minimum atomic E-state index is 0.539. The van der Waals surface area contributed by atoms with E-state index in [4.69, 9.17) is 10.5 Å². The molecule has 1 saturated carbocycles. The lowest BCUT2D eigenvalue weighted by Crippen LogP contribution is -2.01. The lowest BCUT2D eigenvalue weighted by molar-refractivity contribution is 0.343. The van der Waals surface area contributed by atoms with Crippen LogP contribution in [-0.4, -0.2) is 16.6 Å². The van der Waals surface area contributed by atoms with Gasteiger partial charge in [-0.15, -0.1) is 0 Å². The van der Waals surface area contributed by atoms with Gasteiger partial charge in [-0.2, -0.15) is 4.98 Å². The van der Waals surface area contributed by atoms with Gasteiger partial charge in [-0.05, 0) is 12.8 Å². The fourth-order valence-corrected chi connectivity index (χ4v) is 1.63. The maximum absolute atomic E-state index is 5.81. The van der Waals surface area contributed by atoms with Crippen molar-refractivity contribution in [3.05, 3.63) is 11.4 Å². The first-order valence-electron chi connectivity index (χ1n) is 4.63. The smallest absolute Gasteiger partial charge is 0.222 e. The second kappa shape index (κ2) is 2.34. The van der Waals surface area contributed by atoms with Crippen molar-refractivity contribution >= 4 is 5.82 Å². The SMILES string of the molecule is Nc1nc(C2CC2)nc2c1CCO2. The molecule has 0 amide bonds. The molecule has 4 heteroatoms. The van der Waals surface area contributed by atoms with E-state index in [2.05, 4.69) is 9.97 Å². The molecule has 0 spiro atoms.